The summed E-state index contributed by atoms with van der Waals surface area (Å²) >= 11 is 4.75. The number of aromatic nitrogens is 2. The van der Waals surface area contributed by atoms with Crippen LogP contribution < -0.4 is 5.56 Å². The molecule has 0 aliphatic carbocycles. The Morgan fingerprint density at radius 1 is 1.19 bits per heavy atom. The van der Waals surface area contributed by atoms with Gasteiger partial charge in [-0.2, -0.15) is 0 Å². The average molecular weight is 442 g/mol. The molecule has 6 nitrogen and oxygen atoms in total. The van der Waals surface area contributed by atoms with E-state index in [9.17, 15) is 14.9 Å². The van der Waals surface area contributed by atoms with Crippen molar-refractivity contribution in [1.29, 1.82) is 0 Å². The molecule has 27 heavy (non-hydrogen) atoms. The van der Waals surface area contributed by atoms with Crippen molar-refractivity contribution < 1.29 is 4.92 Å². The summed E-state index contributed by atoms with van der Waals surface area (Å²) in [5, 5.41) is 13.4. The molecule has 2 aromatic carbocycles. The molecule has 2 heterocycles. The molecule has 0 atom stereocenters. The lowest BCUT2D eigenvalue weighted by atomic mass is 10.1. The van der Waals surface area contributed by atoms with E-state index in [2.05, 4.69) is 20.9 Å². The van der Waals surface area contributed by atoms with Gasteiger partial charge in [0.25, 0.3) is 11.2 Å². The van der Waals surface area contributed by atoms with E-state index in [-0.39, 0.29) is 11.2 Å². The van der Waals surface area contributed by atoms with Crippen LogP contribution in [-0.2, 0) is 6.54 Å². The van der Waals surface area contributed by atoms with Gasteiger partial charge in [0.05, 0.1) is 23.2 Å². The van der Waals surface area contributed by atoms with Gasteiger partial charge in [0.15, 0.2) is 0 Å². The summed E-state index contributed by atoms with van der Waals surface area (Å²) in [4.78, 5) is 28.7. The first-order valence-electron chi connectivity index (χ1n) is 7.99. The number of fused-ring (bicyclic) bond motifs is 1. The first kappa shape index (κ1) is 17.6. The summed E-state index contributed by atoms with van der Waals surface area (Å²) < 4.78 is 2.53. The molecule has 0 spiro atoms. The van der Waals surface area contributed by atoms with Crippen LogP contribution in [0.2, 0.25) is 0 Å². The number of rotatable bonds is 4. The van der Waals surface area contributed by atoms with E-state index in [4.69, 9.17) is 0 Å². The van der Waals surface area contributed by atoms with Crippen LogP contribution in [0.5, 0.6) is 0 Å². The molecule has 0 unspecified atom stereocenters. The molecule has 0 radical (unpaired) electrons. The maximum absolute atomic E-state index is 13.1. The number of hydrogen-bond acceptors (Lipinski definition) is 5. The van der Waals surface area contributed by atoms with Crippen LogP contribution in [0.4, 0.5) is 5.69 Å². The third-order valence-electron chi connectivity index (χ3n) is 4.19. The van der Waals surface area contributed by atoms with E-state index >= 15 is 0 Å². The normalized spacial score (nSPS) is 11.0. The highest BCUT2D eigenvalue weighted by molar-refractivity contribution is 9.10. The molecule has 8 heteroatoms. The van der Waals surface area contributed by atoms with Gasteiger partial charge < -0.3 is 0 Å². The number of nitro benzene ring substituents is 1. The average Bonchev–Trinajstić information content (AvgIpc) is 3.11. The minimum absolute atomic E-state index is 0.00840. The lowest BCUT2D eigenvalue weighted by Gasteiger charge is -2.07. The van der Waals surface area contributed by atoms with Crippen LogP contribution in [0, 0.1) is 10.1 Å². The Morgan fingerprint density at radius 3 is 2.70 bits per heavy atom. The van der Waals surface area contributed by atoms with Crippen molar-refractivity contribution >= 4 is 43.2 Å². The second kappa shape index (κ2) is 7.05. The molecule has 0 fully saturated rings. The molecule has 0 amide bonds. The summed E-state index contributed by atoms with van der Waals surface area (Å²) in [7, 11) is 0. The highest BCUT2D eigenvalue weighted by Crippen LogP contribution is 2.32. The summed E-state index contributed by atoms with van der Waals surface area (Å²) in [6, 6.07) is 14.0. The molecule has 0 N–H and O–H groups in total. The second-order valence-corrected chi connectivity index (χ2v) is 7.71. The van der Waals surface area contributed by atoms with Crippen LogP contribution >= 0.6 is 27.3 Å². The van der Waals surface area contributed by atoms with Crippen LogP contribution in [0.3, 0.4) is 0 Å². The smallest absolute Gasteiger partial charge is 0.270 e. The number of thiophene rings is 1. The number of non-ortho nitro benzene ring substituents is 1. The van der Waals surface area contributed by atoms with Gasteiger partial charge in [-0.1, -0.05) is 40.2 Å². The molecule has 0 aliphatic heterocycles. The van der Waals surface area contributed by atoms with Gasteiger partial charge >= 0.3 is 0 Å². The summed E-state index contributed by atoms with van der Waals surface area (Å²) in [6.45, 7) is 0.402. The first-order chi connectivity index (χ1) is 13.0. The van der Waals surface area contributed by atoms with Gasteiger partial charge in [0, 0.05) is 27.5 Å². The van der Waals surface area contributed by atoms with Crippen molar-refractivity contribution in [3.63, 3.8) is 0 Å². The van der Waals surface area contributed by atoms with E-state index < -0.39 is 4.92 Å². The van der Waals surface area contributed by atoms with E-state index in [1.54, 1.807) is 23.0 Å². The zero-order valence-corrected chi connectivity index (χ0v) is 16.2. The van der Waals surface area contributed by atoms with Gasteiger partial charge in [-0.3, -0.25) is 19.5 Å². The van der Waals surface area contributed by atoms with Crippen LogP contribution in [-0.4, -0.2) is 14.5 Å². The predicted molar refractivity (Wildman–Crippen MR) is 109 cm³/mol. The Kier molecular flexibility index (Phi) is 4.59. The number of nitro groups is 1. The Balaban J connectivity index is 1.82. The molecule has 4 aromatic rings. The van der Waals surface area contributed by atoms with Gasteiger partial charge in [-0.05, 0) is 23.3 Å². The number of hydrogen-bond donors (Lipinski definition) is 0. The molecule has 4 rings (SSSR count). The summed E-state index contributed by atoms with van der Waals surface area (Å²) in [6.07, 6.45) is 1.54. The fourth-order valence-corrected chi connectivity index (χ4v) is 4.04. The zero-order chi connectivity index (χ0) is 19.0. The quantitative estimate of drug-likeness (QED) is 0.335. The van der Waals surface area contributed by atoms with Gasteiger partial charge in [0.2, 0.25) is 0 Å². The molecular formula is C19H12BrN3O3S. The van der Waals surface area contributed by atoms with Crippen molar-refractivity contribution in [1.82, 2.24) is 9.55 Å². The SMILES string of the molecule is O=c1c2c(-c3cccc([N+](=O)[O-])c3)csc2ncn1Cc1ccc(Br)cc1. The molecule has 134 valence electrons. The minimum Gasteiger partial charge on any atom is -0.294 e. The first-order valence-corrected chi connectivity index (χ1v) is 9.66. The van der Waals surface area contributed by atoms with Crippen molar-refractivity contribution in [3.05, 3.63) is 90.7 Å². The molecule has 0 aliphatic rings. The van der Waals surface area contributed by atoms with Crippen molar-refractivity contribution in [3.8, 4) is 11.1 Å². The third kappa shape index (κ3) is 3.41. The molecule has 0 saturated carbocycles. The van der Waals surface area contributed by atoms with Crippen LogP contribution in [0.1, 0.15) is 5.56 Å². The molecule has 2 aromatic heterocycles. The van der Waals surface area contributed by atoms with Crippen molar-refractivity contribution in [2.45, 2.75) is 6.54 Å². The largest absolute Gasteiger partial charge is 0.294 e. The van der Waals surface area contributed by atoms with Gasteiger partial charge in [-0.25, -0.2) is 4.98 Å². The van der Waals surface area contributed by atoms with Gasteiger partial charge in [0.1, 0.15) is 4.83 Å². The summed E-state index contributed by atoms with van der Waals surface area (Å²) in [5.41, 5.74) is 2.11. The summed E-state index contributed by atoms with van der Waals surface area (Å²) in [5.74, 6) is 0. The number of nitrogens with zero attached hydrogens (tertiary/aromatic N) is 3. The second-order valence-electron chi connectivity index (χ2n) is 5.94. The van der Waals surface area contributed by atoms with E-state index in [0.29, 0.717) is 27.9 Å². The Hall–Kier alpha value is -2.84. The number of halogens is 1. The minimum atomic E-state index is -0.442. The Morgan fingerprint density at radius 2 is 1.96 bits per heavy atom. The van der Waals surface area contributed by atoms with Crippen LogP contribution in [0.15, 0.2) is 69.5 Å². The van der Waals surface area contributed by atoms with Crippen molar-refractivity contribution in [2.24, 2.45) is 0 Å². The standard InChI is InChI=1S/C19H12BrN3O3S/c20-14-6-4-12(5-7-14)9-22-11-21-18-17(19(22)24)16(10-27-18)13-2-1-3-15(8-13)23(25)26/h1-8,10-11H,9H2. The molecule has 0 bridgehead atoms. The monoisotopic (exact) mass is 441 g/mol. The Labute approximate surface area is 166 Å². The third-order valence-corrected chi connectivity index (χ3v) is 5.61. The highest BCUT2D eigenvalue weighted by atomic mass is 79.9. The lowest BCUT2D eigenvalue weighted by Crippen LogP contribution is -2.20. The lowest BCUT2D eigenvalue weighted by molar-refractivity contribution is -0.384. The maximum atomic E-state index is 13.1. The van der Waals surface area contributed by atoms with Crippen molar-refractivity contribution in [2.75, 3.05) is 0 Å². The zero-order valence-electron chi connectivity index (χ0n) is 13.8. The fourth-order valence-electron chi connectivity index (χ4n) is 2.87. The van der Waals surface area contributed by atoms with E-state index in [1.807, 2.05) is 29.6 Å². The highest BCUT2D eigenvalue weighted by Gasteiger charge is 2.15. The predicted octanol–water partition coefficient (Wildman–Crippen LogP) is 4.84. The number of benzene rings is 2. The molecular weight excluding hydrogens is 430 g/mol. The van der Waals surface area contributed by atoms with Crippen LogP contribution in [0.25, 0.3) is 21.3 Å². The maximum Gasteiger partial charge on any atom is 0.270 e. The van der Waals surface area contributed by atoms with E-state index in [0.717, 1.165) is 10.0 Å². The topological polar surface area (TPSA) is 78.0 Å². The van der Waals surface area contributed by atoms with Gasteiger partial charge in [-0.15, -0.1) is 11.3 Å². The molecule has 0 saturated heterocycles. The fraction of sp³-hybridized carbons (Fsp3) is 0.0526. The Bertz CT molecular complexity index is 1220. The van der Waals surface area contributed by atoms with E-state index in [1.165, 1.54) is 23.5 Å².